The van der Waals surface area contributed by atoms with Gasteiger partial charge in [0, 0.05) is 42.0 Å². The van der Waals surface area contributed by atoms with E-state index in [0.717, 1.165) is 30.7 Å². The lowest BCUT2D eigenvalue weighted by Crippen LogP contribution is -2.26. The van der Waals surface area contributed by atoms with Gasteiger partial charge in [-0.05, 0) is 42.7 Å². The molecule has 6 N–H and O–H groups in total. The summed E-state index contributed by atoms with van der Waals surface area (Å²) in [6.07, 6.45) is 2.06. The Morgan fingerprint density at radius 3 is 2.71 bits per heavy atom. The van der Waals surface area contributed by atoms with E-state index < -0.39 is 21.9 Å². The zero-order chi connectivity index (χ0) is 22.6. The Morgan fingerprint density at radius 1 is 1.32 bits per heavy atom. The summed E-state index contributed by atoms with van der Waals surface area (Å²) in [6.45, 7) is 0.940. The van der Waals surface area contributed by atoms with Gasteiger partial charge in [-0.2, -0.15) is 0 Å². The van der Waals surface area contributed by atoms with Crippen molar-refractivity contribution in [1.82, 2.24) is 5.32 Å². The van der Waals surface area contributed by atoms with Gasteiger partial charge >= 0.3 is 0 Å². The normalized spacial score (nSPS) is 14.8. The smallest absolute Gasteiger partial charge is 0.229 e. The molecule has 168 valence electrons. The van der Waals surface area contributed by atoms with Crippen molar-refractivity contribution in [3.63, 3.8) is 0 Å². The quantitative estimate of drug-likeness (QED) is 0.202. The molecule has 0 aliphatic heterocycles. The minimum atomic E-state index is -3.63. The molecule has 1 atom stereocenters. The van der Waals surface area contributed by atoms with Crippen molar-refractivity contribution in [2.75, 3.05) is 36.4 Å². The Kier molecular flexibility index (Phi) is 7.14. The second kappa shape index (κ2) is 9.63. The maximum Gasteiger partial charge on any atom is 0.229 e. The second-order valence-corrected chi connectivity index (χ2v) is 9.37. The van der Waals surface area contributed by atoms with Gasteiger partial charge in [0.25, 0.3) is 0 Å². The molecule has 1 aliphatic carbocycles. The van der Waals surface area contributed by atoms with Crippen LogP contribution in [0.2, 0.25) is 0 Å². The third-order valence-corrected chi connectivity index (χ3v) is 5.45. The number of rotatable bonds is 11. The summed E-state index contributed by atoms with van der Waals surface area (Å²) >= 11 is 0. The minimum Gasteiger partial charge on any atom is -0.492 e. The van der Waals surface area contributed by atoms with Gasteiger partial charge in [0.2, 0.25) is 10.0 Å². The van der Waals surface area contributed by atoms with Gasteiger partial charge in [-0.15, -0.1) is 0 Å². The van der Waals surface area contributed by atoms with Crippen LogP contribution in [0.25, 0.3) is 0 Å². The fourth-order valence-electron chi connectivity index (χ4n) is 3.09. The van der Waals surface area contributed by atoms with Gasteiger partial charge in [-0.25, -0.2) is 12.8 Å². The number of hydrogen-bond acceptors (Lipinski definition) is 7. The predicted octanol–water partition coefficient (Wildman–Crippen LogP) is 2.26. The molecular weight excluding hydrogens is 423 g/mol. The van der Waals surface area contributed by atoms with Gasteiger partial charge in [0.15, 0.2) is 0 Å². The summed E-state index contributed by atoms with van der Waals surface area (Å²) in [5, 5.41) is 21.4. The molecule has 0 radical (unpaired) electrons. The molecule has 8 nitrogen and oxygen atoms in total. The van der Waals surface area contributed by atoms with Crippen LogP contribution in [-0.2, 0) is 10.0 Å². The molecular formula is C21H27FN4O4S. The van der Waals surface area contributed by atoms with Crippen LogP contribution in [0.5, 0.6) is 5.75 Å². The number of aliphatic hydroxyl groups is 1. The Morgan fingerprint density at radius 2 is 2.06 bits per heavy atom. The topological polar surface area (TPSA) is 138 Å². The lowest BCUT2D eigenvalue weighted by Gasteiger charge is -2.15. The third kappa shape index (κ3) is 6.65. The van der Waals surface area contributed by atoms with E-state index in [4.69, 9.17) is 15.9 Å². The van der Waals surface area contributed by atoms with Crippen LogP contribution in [0.4, 0.5) is 15.8 Å². The molecule has 0 spiro atoms. The molecule has 1 aliphatic rings. The van der Waals surface area contributed by atoms with Gasteiger partial charge in [0.1, 0.15) is 18.2 Å². The first-order valence-corrected chi connectivity index (χ1v) is 11.8. The average Bonchev–Trinajstić information content (AvgIpc) is 3.53. The van der Waals surface area contributed by atoms with Crippen LogP contribution in [0.15, 0.2) is 36.4 Å². The molecule has 2 aromatic carbocycles. The lowest BCUT2D eigenvalue weighted by atomic mass is 10.0. The number of nitrogens with one attached hydrogen (secondary N) is 3. The van der Waals surface area contributed by atoms with Crippen molar-refractivity contribution in [2.45, 2.75) is 18.9 Å². The highest BCUT2D eigenvalue weighted by molar-refractivity contribution is 7.92. The molecule has 1 saturated carbocycles. The van der Waals surface area contributed by atoms with Gasteiger partial charge < -0.3 is 26.3 Å². The van der Waals surface area contributed by atoms with Crippen molar-refractivity contribution in [3.05, 3.63) is 53.3 Å². The highest BCUT2D eigenvalue weighted by atomic mass is 32.2. The molecule has 31 heavy (non-hydrogen) atoms. The van der Waals surface area contributed by atoms with Crippen LogP contribution >= 0.6 is 0 Å². The van der Waals surface area contributed by atoms with Crippen LogP contribution in [0.3, 0.4) is 0 Å². The summed E-state index contributed by atoms with van der Waals surface area (Å²) < 4.78 is 44.1. The summed E-state index contributed by atoms with van der Waals surface area (Å²) in [4.78, 5) is 0. The molecule has 0 unspecified atom stereocenters. The van der Waals surface area contributed by atoms with Crippen molar-refractivity contribution in [1.29, 1.82) is 5.41 Å². The maximum absolute atomic E-state index is 13.8. The van der Waals surface area contributed by atoms with Crippen molar-refractivity contribution in [2.24, 2.45) is 5.92 Å². The zero-order valence-electron chi connectivity index (χ0n) is 17.2. The third-order valence-electron chi connectivity index (χ3n) is 4.85. The largest absolute Gasteiger partial charge is 0.492 e. The van der Waals surface area contributed by atoms with Gasteiger partial charge in [0.05, 0.1) is 18.0 Å². The highest BCUT2D eigenvalue weighted by Gasteiger charge is 2.28. The van der Waals surface area contributed by atoms with E-state index in [2.05, 4.69) is 10.0 Å². The Bertz CT molecular complexity index is 1060. The van der Waals surface area contributed by atoms with E-state index in [1.165, 1.54) is 12.1 Å². The number of halogens is 1. The SMILES string of the molecule is CS(=O)(=O)Nc1cc([C@@H](O)CNCCOc2ccc(C(=N)C3CC3)c(N)c2)ccc1F. The molecule has 3 rings (SSSR count). The average molecular weight is 451 g/mol. The number of hydrogen-bond donors (Lipinski definition) is 5. The number of anilines is 2. The van der Waals surface area contributed by atoms with Crippen molar-refractivity contribution >= 4 is 27.1 Å². The molecule has 10 heteroatoms. The monoisotopic (exact) mass is 450 g/mol. The summed E-state index contributed by atoms with van der Waals surface area (Å²) in [7, 11) is -3.63. The summed E-state index contributed by atoms with van der Waals surface area (Å²) in [5.41, 5.74) is 8.06. The second-order valence-electron chi connectivity index (χ2n) is 7.62. The lowest BCUT2D eigenvalue weighted by molar-refractivity contribution is 0.172. The first kappa shape index (κ1) is 23.0. The Balaban J connectivity index is 1.45. The number of benzene rings is 2. The van der Waals surface area contributed by atoms with Crippen LogP contribution < -0.4 is 20.5 Å². The first-order chi connectivity index (χ1) is 14.6. The molecule has 0 heterocycles. The fraction of sp³-hybridized carbons (Fsp3) is 0.381. The van der Waals surface area contributed by atoms with E-state index >= 15 is 0 Å². The van der Waals surface area contributed by atoms with E-state index in [9.17, 15) is 17.9 Å². The molecule has 2 aromatic rings. The Labute approximate surface area is 181 Å². The number of ether oxygens (including phenoxy) is 1. The van der Waals surface area contributed by atoms with E-state index in [0.29, 0.717) is 41.8 Å². The molecule has 0 amide bonds. The molecule has 0 saturated heterocycles. The number of aliphatic hydroxyl groups excluding tert-OH is 1. The Hall–Kier alpha value is -2.69. The summed E-state index contributed by atoms with van der Waals surface area (Å²) in [5.74, 6) is 0.201. The number of sulfonamides is 1. The van der Waals surface area contributed by atoms with Crippen LogP contribution in [0.1, 0.15) is 30.1 Å². The fourth-order valence-corrected chi connectivity index (χ4v) is 3.65. The van der Waals surface area contributed by atoms with Crippen molar-refractivity contribution < 1.29 is 22.7 Å². The number of nitrogens with two attached hydrogens (primary N) is 1. The van der Waals surface area contributed by atoms with Crippen LogP contribution in [0, 0.1) is 17.1 Å². The van der Waals surface area contributed by atoms with E-state index in [1.807, 2.05) is 0 Å². The molecule has 0 aromatic heterocycles. The van der Waals surface area contributed by atoms with Crippen molar-refractivity contribution in [3.8, 4) is 5.75 Å². The van der Waals surface area contributed by atoms with E-state index in [-0.39, 0.29) is 12.2 Å². The first-order valence-electron chi connectivity index (χ1n) is 9.91. The highest BCUT2D eigenvalue weighted by Crippen LogP contribution is 2.34. The predicted molar refractivity (Wildman–Crippen MR) is 119 cm³/mol. The van der Waals surface area contributed by atoms with Crippen LogP contribution in [-0.4, -0.2) is 45.2 Å². The van der Waals surface area contributed by atoms with E-state index in [1.54, 1.807) is 18.2 Å². The standard InChI is InChI=1S/C21H27FN4O4S/c1-31(28,29)26-19-10-14(4-7-17(19)22)20(27)12-25-8-9-30-15-5-6-16(18(23)11-15)21(24)13-2-3-13/h4-7,10-11,13,20,24-27H,2-3,8-9,12,23H2,1H3/t20-/m0/s1. The van der Waals surface area contributed by atoms with Gasteiger partial charge in [-0.1, -0.05) is 6.07 Å². The zero-order valence-corrected chi connectivity index (χ0v) is 18.0. The number of nitrogen functional groups attached to an aromatic ring is 1. The molecule has 1 fully saturated rings. The maximum atomic E-state index is 13.8. The summed E-state index contributed by atoms with van der Waals surface area (Å²) in [6, 6.07) is 9.06. The molecule has 0 bridgehead atoms. The van der Waals surface area contributed by atoms with Gasteiger partial charge in [-0.3, -0.25) is 4.72 Å². The minimum absolute atomic E-state index is 0.174.